The van der Waals surface area contributed by atoms with E-state index in [1.165, 1.54) is 17.9 Å². The van der Waals surface area contributed by atoms with Gasteiger partial charge in [-0.3, -0.25) is 4.99 Å². The van der Waals surface area contributed by atoms with Crippen molar-refractivity contribution in [2.75, 3.05) is 0 Å². The van der Waals surface area contributed by atoms with Gasteiger partial charge in [0.25, 0.3) is 0 Å². The molecule has 2 rings (SSSR count). The largest absolute Gasteiger partial charge is 0.279 e. The van der Waals surface area contributed by atoms with E-state index in [1.54, 1.807) is 0 Å². The summed E-state index contributed by atoms with van der Waals surface area (Å²) in [6, 6.07) is 0.654. The molecular weight excluding hydrogens is 166 g/mol. The predicted octanol–water partition coefficient (Wildman–Crippen LogP) is 2.95. The summed E-state index contributed by atoms with van der Waals surface area (Å²) in [7, 11) is 0. The van der Waals surface area contributed by atoms with Gasteiger partial charge in [0.2, 0.25) is 0 Å². The molecule has 4 atom stereocenters. The van der Waals surface area contributed by atoms with Crippen LogP contribution in [0.4, 0.5) is 0 Å². The van der Waals surface area contributed by atoms with Crippen molar-refractivity contribution in [3.8, 4) is 0 Å². The fraction of sp³-hybridized carbons (Fsp3) is 0.900. The molecule has 1 aliphatic carbocycles. The number of fused-ring (bicyclic) bond motifs is 1. The molecule has 1 aliphatic heterocycles. The van der Waals surface area contributed by atoms with E-state index in [-0.39, 0.29) is 0 Å². The fourth-order valence-electron chi connectivity index (χ4n) is 2.27. The Bertz CT molecular complexity index is 212. The minimum absolute atomic E-state index is 0.654. The molecule has 0 aromatic rings. The van der Waals surface area contributed by atoms with Gasteiger partial charge in [-0.05, 0) is 31.6 Å². The van der Waals surface area contributed by atoms with Gasteiger partial charge in [0, 0.05) is 5.25 Å². The average Bonchev–Trinajstić information content (AvgIpc) is 2.30. The topological polar surface area (TPSA) is 12.4 Å². The van der Waals surface area contributed by atoms with Crippen LogP contribution in [0.15, 0.2) is 4.99 Å². The van der Waals surface area contributed by atoms with Gasteiger partial charge in [0.1, 0.15) is 0 Å². The van der Waals surface area contributed by atoms with E-state index in [0.717, 1.165) is 17.1 Å². The highest BCUT2D eigenvalue weighted by Crippen LogP contribution is 2.41. The summed E-state index contributed by atoms with van der Waals surface area (Å²) in [5.41, 5.74) is 0. The molecule has 0 aromatic heterocycles. The van der Waals surface area contributed by atoms with Crippen LogP contribution in [0.5, 0.6) is 0 Å². The van der Waals surface area contributed by atoms with Crippen LogP contribution in [0.3, 0.4) is 0 Å². The van der Waals surface area contributed by atoms with Crippen LogP contribution in [0.2, 0.25) is 0 Å². The lowest BCUT2D eigenvalue weighted by molar-refractivity contribution is 0.262. The third kappa shape index (κ3) is 1.41. The summed E-state index contributed by atoms with van der Waals surface area (Å²) in [4.78, 5) is 4.67. The highest BCUT2D eigenvalue weighted by Gasteiger charge is 2.36. The van der Waals surface area contributed by atoms with E-state index in [2.05, 4.69) is 25.8 Å². The van der Waals surface area contributed by atoms with Crippen LogP contribution in [-0.2, 0) is 0 Å². The van der Waals surface area contributed by atoms with Gasteiger partial charge >= 0.3 is 0 Å². The van der Waals surface area contributed by atoms with Crippen LogP contribution >= 0.6 is 11.8 Å². The monoisotopic (exact) mass is 183 g/mol. The third-order valence-corrected chi connectivity index (χ3v) is 4.54. The Morgan fingerprint density at radius 3 is 2.67 bits per heavy atom. The van der Waals surface area contributed by atoms with Crippen LogP contribution in [-0.4, -0.2) is 16.3 Å². The van der Waals surface area contributed by atoms with E-state index in [9.17, 15) is 0 Å². The van der Waals surface area contributed by atoms with Crippen molar-refractivity contribution in [2.24, 2.45) is 16.8 Å². The molecule has 0 amide bonds. The summed E-state index contributed by atoms with van der Waals surface area (Å²) in [5, 5.41) is 2.13. The lowest BCUT2D eigenvalue weighted by atomic mass is 9.79. The number of rotatable bonds is 0. The molecule has 0 saturated heterocycles. The molecule has 0 spiro atoms. The molecule has 0 radical (unpaired) electrons. The van der Waals surface area contributed by atoms with Gasteiger partial charge in [-0.25, -0.2) is 0 Å². The van der Waals surface area contributed by atoms with Crippen LogP contribution < -0.4 is 0 Å². The maximum Gasteiger partial charge on any atom is 0.0652 e. The smallest absolute Gasteiger partial charge is 0.0652 e. The second-order valence-electron chi connectivity index (χ2n) is 4.30. The van der Waals surface area contributed by atoms with Crippen LogP contribution in [0.1, 0.15) is 33.6 Å². The summed E-state index contributed by atoms with van der Waals surface area (Å²) in [5.74, 6) is 1.78. The van der Waals surface area contributed by atoms with Crippen molar-refractivity contribution in [2.45, 2.75) is 44.9 Å². The van der Waals surface area contributed by atoms with Gasteiger partial charge in [-0.2, -0.15) is 0 Å². The molecule has 68 valence electrons. The van der Waals surface area contributed by atoms with Crippen molar-refractivity contribution in [3.05, 3.63) is 0 Å². The maximum atomic E-state index is 4.67. The lowest BCUT2D eigenvalue weighted by Gasteiger charge is -2.32. The van der Waals surface area contributed by atoms with E-state index < -0.39 is 0 Å². The Labute approximate surface area is 79.0 Å². The highest BCUT2D eigenvalue weighted by atomic mass is 32.2. The minimum atomic E-state index is 0.654. The molecule has 1 saturated carbocycles. The number of thioether (sulfide) groups is 1. The Balaban J connectivity index is 2.07. The van der Waals surface area contributed by atoms with E-state index in [4.69, 9.17) is 0 Å². The van der Waals surface area contributed by atoms with Gasteiger partial charge in [0.15, 0.2) is 0 Å². The number of aliphatic imine (C=N–C) groups is 1. The molecule has 4 unspecified atom stereocenters. The minimum Gasteiger partial charge on any atom is -0.279 e. The molecule has 0 N–H and O–H groups in total. The van der Waals surface area contributed by atoms with Crippen LogP contribution in [0, 0.1) is 11.8 Å². The van der Waals surface area contributed by atoms with Gasteiger partial charge in [-0.1, -0.05) is 13.8 Å². The van der Waals surface area contributed by atoms with E-state index in [0.29, 0.717) is 6.04 Å². The van der Waals surface area contributed by atoms with Crippen molar-refractivity contribution in [1.82, 2.24) is 0 Å². The van der Waals surface area contributed by atoms with Gasteiger partial charge in [-0.15, -0.1) is 11.8 Å². The number of hydrogen-bond acceptors (Lipinski definition) is 2. The molecule has 2 heteroatoms. The molecule has 1 heterocycles. The van der Waals surface area contributed by atoms with Crippen molar-refractivity contribution >= 4 is 16.8 Å². The molecule has 1 fully saturated rings. The van der Waals surface area contributed by atoms with Gasteiger partial charge < -0.3 is 0 Å². The molecule has 0 bridgehead atoms. The Kier molecular flexibility index (Phi) is 2.19. The summed E-state index contributed by atoms with van der Waals surface area (Å²) >= 11 is 2.01. The molecule has 0 aromatic carbocycles. The van der Waals surface area contributed by atoms with Crippen molar-refractivity contribution in [1.29, 1.82) is 0 Å². The first-order valence-electron chi connectivity index (χ1n) is 4.88. The second kappa shape index (κ2) is 3.06. The third-order valence-electron chi connectivity index (χ3n) is 3.29. The standard InChI is InChI=1S/C10H17NS/c1-6-4-9-10(5-7(6)2)12-8(3)11-9/h6-7,9-10H,4-5H2,1-3H3. The maximum absolute atomic E-state index is 4.67. The summed E-state index contributed by atoms with van der Waals surface area (Å²) < 4.78 is 0. The zero-order valence-corrected chi connectivity index (χ0v) is 8.90. The average molecular weight is 183 g/mol. The Hall–Kier alpha value is 0.0200. The number of nitrogens with zero attached hydrogens (tertiary/aromatic N) is 1. The molecule has 2 aliphatic rings. The quantitative estimate of drug-likeness (QED) is 0.562. The Morgan fingerprint density at radius 2 is 1.92 bits per heavy atom. The first-order chi connectivity index (χ1) is 5.66. The lowest BCUT2D eigenvalue weighted by Crippen LogP contribution is -2.31. The molecule has 1 nitrogen and oxygen atoms in total. The van der Waals surface area contributed by atoms with E-state index in [1.807, 2.05) is 11.8 Å². The fourth-order valence-corrected chi connectivity index (χ4v) is 3.63. The van der Waals surface area contributed by atoms with E-state index >= 15 is 0 Å². The first-order valence-corrected chi connectivity index (χ1v) is 5.76. The summed E-state index contributed by atoms with van der Waals surface area (Å²) in [6.07, 6.45) is 2.69. The summed E-state index contributed by atoms with van der Waals surface area (Å²) in [6.45, 7) is 6.90. The number of hydrogen-bond donors (Lipinski definition) is 0. The second-order valence-corrected chi connectivity index (χ2v) is 5.73. The molecular formula is C10H17NS. The van der Waals surface area contributed by atoms with Crippen molar-refractivity contribution < 1.29 is 0 Å². The Morgan fingerprint density at radius 1 is 1.25 bits per heavy atom. The normalized spacial score (nSPS) is 47.1. The SMILES string of the molecule is CC1=NC2CC(C)C(C)CC2S1. The van der Waals surface area contributed by atoms with Gasteiger partial charge in [0.05, 0.1) is 11.1 Å². The van der Waals surface area contributed by atoms with Crippen molar-refractivity contribution in [3.63, 3.8) is 0 Å². The highest BCUT2D eigenvalue weighted by molar-refractivity contribution is 8.14. The zero-order chi connectivity index (χ0) is 8.72. The first kappa shape index (κ1) is 8.61. The zero-order valence-electron chi connectivity index (χ0n) is 8.08. The molecule has 12 heavy (non-hydrogen) atoms. The predicted molar refractivity (Wildman–Crippen MR) is 55.8 cm³/mol. The van der Waals surface area contributed by atoms with Crippen LogP contribution in [0.25, 0.3) is 0 Å².